The van der Waals surface area contributed by atoms with Crippen molar-refractivity contribution in [3.05, 3.63) is 17.5 Å². The number of nitrogens with zero attached hydrogens (tertiary/aromatic N) is 3. The molecule has 0 bridgehead atoms. The number of nitrogens with one attached hydrogen (secondary N) is 1. The van der Waals surface area contributed by atoms with Gasteiger partial charge in [-0.2, -0.15) is 5.10 Å². The Morgan fingerprint density at radius 2 is 2.19 bits per heavy atom. The summed E-state index contributed by atoms with van der Waals surface area (Å²) in [5.74, 6) is 0.190. The Kier molecular flexibility index (Phi) is 5.39. The molecule has 0 saturated carbocycles. The molecule has 1 aliphatic carbocycles. The second-order valence-corrected chi connectivity index (χ2v) is 5.71. The number of fused-ring (bicyclic) bond motifs is 1. The Hall–Kier alpha value is -1.36. The van der Waals surface area contributed by atoms with Gasteiger partial charge in [0.25, 0.3) is 0 Å². The monoisotopic (exact) mass is 292 g/mol. The Morgan fingerprint density at radius 3 is 2.81 bits per heavy atom. The minimum atomic E-state index is -0.147. The van der Waals surface area contributed by atoms with Gasteiger partial charge in [-0.3, -0.25) is 14.8 Å². The van der Waals surface area contributed by atoms with Gasteiger partial charge < -0.3 is 4.90 Å². The summed E-state index contributed by atoms with van der Waals surface area (Å²) in [7, 11) is 0. The molecule has 1 aromatic heterocycles. The summed E-state index contributed by atoms with van der Waals surface area (Å²) in [6, 6.07) is 0.106. The van der Waals surface area contributed by atoms with Gasteiger partial charge in [0.05, 0.1) is 12.2 Å². The maximum Gasteiger partial charge on any atom is 0.239 e. The summed E-state index contributed by atoms with van der Waals surface area (Å²) in [6.45, 7) is 10.6. The van der Waals surface area contributed by atoms with Crippen molar-refractivity contribution in [2.45, 2.75) is 65.6 Å². The molecule has 5 nitrogen and oxygen atoms in total. The van der Waals surface area contributed by atoms with E-state index in [9.17, 15) is 4.79 Å². The highest BCUT2D eigenvalue weighted by Gasteiger charge is 2.27. The van der Waals surface area contributed by atoms with Crippen LogP contribution in [0.5, 0.6) is 0 Å². The first-order chi connectivity index (χ1) is 10.1. The van der Waals surface area contributed by atoms with Crippen molar-refractivity contribution in [3.63, 3.8) is 0 Å². The molecule has 0 spiro atoms. The summed E-state index contributed by atoms with van der Waals surface area (Å²) >= 11 is 0. The molecule has 1 aliphatic rings. The zero-order valence-corrected chi connectivity index (χ0v) is 13.7. The Morgan fingerprint density at radius 1 is 1.48 bits per heavy atom. The number of aromatic nitrogens is 2. The Balaban J connectivity index is 2.07. The van der Waals surface area contributed by atoms with E-state index in [1.165, 1.54) is 11.3 Å². The zero-order valence-electron chi connectivity index (χ0n) is 13.7. The molecule has 0 radical (unpaired) electrons. The fourth-order valence-corrected chi connectivity index (χ4v) is 3.25. The SMILES string of the molecule is CCN(CC)C(=O)[C@H](C)N[C@@H]1CCCc2c1cnn2CC. The summed E-state index contributed by atoms with van der Waals surface area (Å²) in [5.41, 5.74) is 2.62. The van der Waals surface area contributed by atoms with Crippen molar-refractivity contribution in [1.29, 1.82) is 0 Å². The van der Waals surface area contributed by atoms with Crippen LogP contribution in [-0.4, -0.2) is 39.7 Å². The van der Waals surface area contributed by atoms with Crippen molar-refractivity contribution in [2.24, 2.45) is 0 Å². The standard InChI is InChI=1S/C16H28N4O/c1-5-19(6-2)16(21)12(4)18-14-9-8-10-15-13(14)11-17-20(15)7-3/h11-12,14,18H,5-10H2,1-4H3/t12-,14+/m0/s1. The number of rotatable bonds is 6. The lowest BCUT2D eigenvalue weighted by atomic mass is 9.92. The fraction of sp³-hybridized carbons (Fsp3) is 0.750. The predicted molar refractivity (Wildman–Crippen MR) is 84.1 cm³/mol. The van der Waals surface area contributed by atoms with Gasteiger partial charge in [-0.1, -0.05) is 0 Å². The predicted octanol–water partition coefficient (Wildman–Crippen LogP) is 2.13. The number of likely N-dealkylation sites (N-methyl/N-ethyl adjacent to an activating group) is 1. The van der Waals surface area contributed by atoms with Crippen LogP contribution in [0, 0.1) is 0 Å². The van der Waals surface area contributed by atoms with Crippen molar-refractivity contribution >= 4 is 5.91 Å². The van der Waals surface area contributed by atoms with E-state index in [-0.39, 0.29) is 18.0 Å². The average Bonchev–Trinajstić information content (AvgIpc) is 2.92. The third-order valence-corrected chi connectivity index (χ3v) is 4.46. The van der Waals surface area contributed by atoms with E-state index in [2.05, 4.69) is 22.0 Å². The third-order valence-electron chi connectivity index (χ3n) is 4.46. The maximum absolute atomic E-state index is 12.4. The zero-order chi connectivity index (χ0) is 15.4. The lowest BCUT2D eigenvalue weighted by molar-refractivity contribution is -0.132. The van der Waals surface area contributed by atoms with Gasteiger partial charge in [0.1, 0.15) is 0 Å². The van der Waals surface area contributed by atoms with E-state index in [0.29, 0.717) is 0 Å². The van der Waals surface area contributed by atoms with Gasteiger partial charge in [-0.15, -0.1) is 0 Å². The van der Waals surface area contributed by atoms with Gasteiger partial charge in [0, 0.05) is 36.9 Å². The topological polar surface area (TPSA) is 50.2 Å². The highest BCUT2D eigenvalue weighted by molar-refractivity contribution is 5.81. The third kappa shape index (κ3) is 3.28. The highest BCUT2D eigenvalue weighted by Crippen LogP contribution is 2.30. The lowest BCUT2D eigenvalue weighted by Gasteiger charge is -2.29. The highest BCUT2D eigenvalue weighted by atomic mass is 16.2. The minimum Gasteiger partial charge on any atom is -0.342 e. The fourth-order valence-electron chi connectivity index (χ4n) is 3.25. The number of carbonyl (C=O) groups excluding carboxylic acids is 1. The minimum absolute atomic E-state index is 0.147. The molecule has 0 fully saturated rings. The number of carbonyl (C=O) groups is 1. The molecule has 0 aliphatic heterocycles. The number of hydrogen-bond donors (Lipinski definition) is 1. The van der Waals surface area contributed by atoms with E-state index in [4.69, 9.17) is 0 Å². The van der Waals surface area contributed by atoms with Crippen LogP contribution in [-0.2, 0) is 17.8 Å². The number of amides is 1. The smallest absolute Gasteiger partial charge is 0.239 e. The molecule has 0 saturated heterocycles. The Bertz CT molecular complexity index is 479. The molecule has 1 aromatic rings. The molecular weight excluding hydrogens is 264 g/mol. The van der Waals surface area contributed by atoms with Crippen LogP contribution in [0.25, 0.3) is 0 Å². The molecule has 118 valence electrons. The molecule has 0 unspecified atom stereocenters. The van der Waals surface area contributed by atoms with Gasteiger partial charge in [0.2, 0.25) is 5.91 Å². The summed E-state index contributed by atoms with van der Waals surface area (Å²) in [6.07, 6.45) is 5.31. The van der Waals surface area contributed by atoms with Gasteiger partial charge in [-0.05, 0) is 47.0 Å². The molecule has 0 aromatic carbocycles. The van der Waals surface area contributed by atoms with Crippen LogP contribution >= 0.6 is 0 Å². The average molecular weight is 292 g/mol. The largest absolute Gasteiger partial charge is 0.342 e. The normalized spacial score (nSPS) is 19.1. The van der Waals surface area contributed by atoms with Crippen LogP contribution in [0.4, 0.5) is 0 Å². The molecular formula is C16H28N4O. The first-order valence-electron chi connectivity index (χ1n) is 8.21. The molecule has 1 amide bonds. The lowest BCUT2D eigenvalue weighted by Crippen LogP contribution is -2.46. The molecule has 21 heavy (non-hydrogen) atoms. The van der Waals surface area contributed by atoms with Crippen LogP contribution < -0.4 is 5.32 Å². The van der Waals surface area contributed by atoms with E-state index in [1.54, 1.807) is 0 Å². The van der Waals surface area contributed by atoms with Crippen molar-refractivity contribution in [2.75, 3.05) is 13.1 Å². The summed E-state index contributed by atoms with van der Waals surface area (Å²) < 4.78 is 2.08. The summed E-state index contributed by atoms with van der Waals surface area (Å²) in [4.78, 5) is 14.3. The van der Waals surface area contributed by atoms with Crippen molar-refractivity contribution < 1.29 is 4.79 Å². The van der Waals surface area contributed by atoms with Crippen LogP contribution in [0.1, 0.15) is 57.8 Å². The quantitative estimate of drug-likeness (QED) is 0.874. The van der Waals surface area contributed by atoms with Crippen LogP contribution in [0.15, 0.2) is 6.20 Å². The number of aryl methyl sites for hydroxylation is 1. The Labute approximate surface area is 127 Å². The number of hydrogen-bond acceptors (Lipinski definition) is 3. The first-order valence-corrected chi connectivity index (χ1v) is 8.21. The second kappa shape index (κ2) is 7.07. The van der Waals surface area contributed by atoms with E-state index >= 15 is 0 Å². The van der Waals surface area contributed by atoms with Gasteiger partial charge >= 0.3 is 0 Å². The molecule has 1 heterocycles. The molecule has 1 N–H and O–H groups in total. The van der Waals surface area contributed by atoms with Gasteiger partial charge in [0.15, 0.2) is 0 Å². The van der Waals surface area contributed by atoms with Crippen LogP contribution in [0.3, 0.4) is 0 Å². The molecule has 5 heteroatoms. The van der Waals surface area contributed by atoms with Crippen molar-refractivity contribution in [3.8, 4) is 0 Å². The van der Waals surface area contributed by atoms with Crippen molar-refractivity contribution in [1.82, 2.24) is 20.0 Å². The van der Waals surface area contributed by atoms with E-state index < -0.39 is 0 Å². The van der Waals surface area contributed by atoms with E-state index in [1.807, 2.05) is 31.9 Å². The van der Waals surface area contributed by atoms with Gasteiger partial charge in [-0.25, -0.2) is 0 Å². The van der Waals surface area contributed by atoms with E-state index in [0.717, 1.165) is 38.9 Å². The summed E-state index contributed by atoms with van der Waals surface area (Å²) in [5, 5.41) is 7.98. The second-order valence-electron chi connectivity index (χ2n) is 5.71. The first kappa shape index (κ1) is 16.0. The molecule has 2 atom stereocenters. The maximum atomic E-state index is 12.4. The van der Waals surface area contributed by atoms with Crippen LogP contribution in [0.2, 0.25) is 0 Å². The molecule has 2 rings (SSSR count).